The van der Waals surface area contributed by atoms with E-state index in [-0.39, 0.29) is 18.2 Å². The summed E-state index contributed by atoms with van der Waals surface area (Å²) in [6, 6.07) is 19.4. The minimum Gasteiger partial charge on any atom is -0.445 e. The van der Waals surface area contributed by atoms with Crippen LogP contribution in [-0.2, 0) is 20.6 Å². The molecule has 1 heterocycles. The predicted octanol–water partition coefficient (Wildman–Crippen LogP) is 5.42. The van der Waals surface area contributed by atoms with E-state index in [1.165, 1.54) is 5.56 Å². The van der Waals surface area contributed by atoms with Gasteiger partial charge in [-0.3, -0.25) is 0 Å². The van der Waals surface area contributed by atoms with Gasteiger partial charge in [-0.25, -0.2) is 4.79 Å². The van der Waals surface area contributed by atoms with Gasteiger partial charge in [0.1, 0.15) is 0 Å². The van der Waals surface area contributed by atoms with Crippen molar-refractivity contribution < 1.29 is 19.0 Å². The molecule has 164 valence electrons. The molecule has 0 amide bonds. The summed E-state index contributed by atoms with van der Waals surface area (Å²) in [5.41, 5.74) is 1.75. The van der Waals surface area contributed by atoms with E-state index in [4.69, 9.17) is 14.2 Å². The van der Waals surface area contributed by atoms with Crippen LogP contribution in [0.2, 0.25) is 0 Å². The molecule has 2 aromatic rings. The molecule has 4 nitrogen and oxygen atoms in total. The van der Waals surface area contributed by atoms with Crippen molar-refractivity contribution in [3.8, 4) is 11.8 Å². The lowest BCUT2D eigenvalue weighted by Crippen LogP contribution is -2.29. The van der Waals surface area contributed by atoms with Gasteiger partial charge in [-0.15, -0.1) is 0 Å². The fraction of sp³-hybridized carbons (Fsp3) is 0.444. The molecule has 31 heavy (non-hydrogen) atoms. The van der Waals surface area contributed by atoms with Crippen molar-refractivity contribution >= 4 is 5.97 Å². The fourth-order valence-electron chi connectivity index (χ4n) is 3.64. The second-order valence-electron chi connectivity index (χ2n) is 7.81. The molecule has 1 aliphatic heterocycles. The zero-order chi connectivity index (χ0) is 21.7. The van der Waals surface area contributed by atoms with Crippen molar-refractivity contribution in [3.63, 3.8) is 0 Å². The van der Waals surface area contributed by atoms with E-state index in [2.05, 4.69) is 30.9 Å². The minimum absolute atomic E-state index is 0.0528. The van der Waals surface area contributed by atoms with Crippen molar-refractivity contribution in [2.75, 3.05) is 13.2 Å². The maximum absolute atomic E-state index is 12.8. The lowest BCUT2D eigenvalue weighted by atomic mass is 9.89. The second-order valence-corrected chi connectivity index (χ2v) is 7.81. The van der Waals surface area contributed by atoms with Crippen LogP contribution < -0.4 is 0 Å². The summed E-state index contributed by atoms with van der Waals surface area (Å²) in [4.78, 5) is 12.8. The van der Waals surface area contributed by atoms with Gasteiger partial charge >= 0.3 is 5.97 Å². The number of hydrogen-bond acceptors (Lipinski definition) is 4. The highest BCUT2D eigenvalue weighted by Gasteiger charge is 2.27. The average Bonchev–Trinajstić information content (AvgIpc) is 3.33. The Bertz CT molecular complexity index is 832. The Morgan fingerprint density at radius 1 is 1.06 bits per heavy atom. The summed E-state index contributed by atoms with van der Waals surface area (Å²) < 4.78 is 17.2. The number of carbonyl (C=O) groups is 1. The molecule has 0 N–H and O–H groups in total. The lowest BCUT2D eigenvalue weighted by Gasteiger charge is -2.24. The van der Waals surface area contributed by atoms with Crippen LogP contribution in [0.1, 0.15) is 54.9 Å². The van der Waals surface area contributed by atoms with Crippen LogP contribution in [0.3, 0.4) is 0 Å². The number of rotatable bonds is 10. The van der Waals surface area contributed by atoms with Crippen LogP contribution in [0.15, 0.2) is 60.7 Å². The summed E-state index contributed by atoms with van der Waals surface area (Å²) in [7, 11) is 0. The van der Waals surface area contributed by atoms with Crippen molar-refractivity contribution in [1.29, 1.82) is 0 Å². The van der Waals surface area contributed by atoms with E-state index < -0.39 is 6.10 Å². The molecule has 3 rings (SSSR count). The van der Waals surface area contributed by atoms with Crippen LogP contribution in [0, 0.1) is 17.8 Å². The highest BCUT2D eigenvalue weighted by Crippen LogP contribution is 2.24. The molecular weight excluding hydrogens is 388 g/mol. The Morgan fingerprint density at radius 2 is 1.74 bits per heavy atom. The molecular formula is C27H32O4. The number of benzene rings is 2. The molecule has 1 fully saturated rings. The van der Waals surface area contributed by atoms with Gasteiger partial charge < -0.3 is 14.2 Å². The van der Waals surface area contributed by atoms with Gasteiger partial charge in [0.25, 0.3) is 0 Å². The third-order valence-electron chi connectivity index (χ3n) is 5.38. The third kappa shape index (κ3) is 7.86. The molecule has 0 spiro atoms. The van der Waals surface area contributed by atoms with Gasteiger partial charge in [-0.1, -0.05) is 73.7 Å². The third-order valence-corrected chi connectivity index (χ3v) is 5.38. The molecule has 0 saturated carbocycles. The van der Waals surface area contributed by atoms with Crippen LogP contribution >= 0.6 is 0 Å². The molecule has 0 aromatic heterocycles. The zero-order valence-electron chi connectivity index (χ0n) is 18.3. The average molecular weight is 421 g/mol. The van der Waals surface area contributed by atoms with Gasteiger partial charge in [-0.2, -0.15) is 0 Å². The Kier molecular flexibility index (Phi) is 9.63. The monoisotopic (exact) mass is 420 g/mol. The maximum atomic E-state index is 12.8. The first kappa shape index (κ1) is 23.1. The summed E-state index contributed by atoms with van der Waals surface area (Å²) in [5.74, 6) is 6.25. The van der Waals surface area contributed by atoms with Gasteiger partial charge in [0.15, 0.2) is 12.4 Å². The molecule has 2 aromatic carbocycles. The topological polar surface area (TPSA) is 44.8 Å². The van der Waals surface area contributed by atoms with E-state index in [1.54, 1.807) is 12.1 Å². The first-order valence-electron chi connectivity index (χ1n) is 11.3. The maximum Gasteiger partial charge on any atom is 0.339 e. The first-order chi connectivity index (χ1) is 15.3. The van der Waals surface area contributed by atoms with Crippen molar-refractivity contribution in [3.05, 3.63) is 71.8 Å². The van der Waals surface area contributed by atoms with Gasteiger partial charge in [0.05, 0.1) is 18.8 Å². The number of hydrogen-bond donors (Lipinski definition) is 0. The molecule has 1 aliphatic rings. The second kappa shape index (κ2) is 12.9. The SMILES string of the molecule is CCCCC#CC(OC(=O)c1ccccc1)C(CCC1OCCO1)Cc1ccccc1. The van der Waals surface area contributed by atoms with Gasteiger partial charge in [0.2, 0.25) is 0 Å². The fourth-order valence-corrected chi connectivity index (χ4v) is 3.64. The molecule has 1 saturated heterocycles. The first-order valence-corrected chi connectivity index (χ1v) is 11.3. The summed E-state index contributed by atoms with van der Waals surface area (Å²) in [5, 5.41) is 0. The van der Waals surface area contributed by atoms with Crippen molar-refractivity contribution in [1.82, 2.24) is 0 Å². The Hall–Kier alpha value is -2.61. The quantitative estimate of drug-likeness (QED) is 0.293. The summed E-state index contributed by atoms with van der Waals surface area (Å²) in [6.07, 6.45) is 4.61. The normalized spacial score (nSPS) is 15.6. The van der Waals surface area contributed by atoms with Crippen LogP contribution in [0.4, 0.5) is 0 Å². The minimum atomic E-state index is -0.480. The molecule has 4 heteroatoms. The zero-order valence-corrected chi connectivity index (χ0v) is 18.3. The summed E-state index contributed by atoms with van der Waals surface area (Å²) in [6.45, 7) is 3.42. The van der Waals surface area contributed by atoms with Crippen LogP contribution in [0.5, 0.6) is 0 Å². The Labute approximate surface area is 185 Å². The smallest absolute Gasteiger partial charge is 0.339 e. The largest absolute Gasteiger partial charge is 0.445 e. The van der Waals surface area contributed by atoms with Gasteiger partial charge in [0, 0.05) is 12.3 Å². The van der Waals surface area contributed by atoms with E-state index in [0.717, 1.165) is 38.5 Å². The van der Waals surface area contributed by atoms with E-state index in [1.807, 2.05) is 36.4 Å². The number of carbonyl (C=O) groups excluding carboxylic acids is 1. The van der Waals surface area contributed by atoms with E-state index in [0.29, 0.717) is 18.8 Å². The predicted molar refractivity (Wildman–Crippen MR) is 122 cm³/mol. The number of unbranched alkanes of at least 4 members (excludes halogenated alkanes) is 2. The van der Waals surface area contributed by atoms with E-state index >= 15 is 0 Å². The highest BCUT2D eigenvalue weighted by atomic mass is 16.7. The van der Waals surface area contributed by atoms with Crippen molar-refractivity contribution in [2.45, 2.75) is 57.8 Å². The number of ether oxygens (including phenoxy) is 3. The molecule has 2 unspecified atom stereocenters. The molecule has 0 bridgehead atoms. The standard InChI is InChI=1S/C27H32O4/c1-2-3-4-11-16-25(31-27(28)23-14-9-6-10-15-23)24(17-18-26-29-19-20-30-26)21-22-12-7-5-8-13-22/h5-10,12-15,24-26H,2-4,17-21H2,1H3. The van der Waals surface area contributed by atoms with Crippen LogP contribution in [0.25, 0.3) is 0 Å². The van der Waals surface area contributed by atoms with Crippen LogP contribution in [-0.4, -0.2) is 31.6 Å². The Morgan fingerprint density at radius 3 is 2.42 bits per heavy atom. The Balaban J connectivity index is 1.78. The molecule has 0 radical (unpaired) electrons. The van der Waals surface area contributed by atoms with E-state index in [9.17, 15) is 4.79 Å². The highest BCUT2D eigenvalue weighted by molar-refractivity contribution is 5.89. The molecule has 2 atom stereocenters. The van der Waals surface area contributed by atoms with Crippen molar-refractivity contribution in [2.24, 2.45) is 5.92 Å². The van der Waals surface area contributed by atoms with Gasteiger partial charge in [-0.05, 0) is 43.4 Å². The number of esters is 1. The molecule has 0 aliphatic carbocycles. The lowest BCUT2D eigenvalue weighted by molar-refractivity contribution is -0.0530. The summed E-state index contributed by atoms with van der Waals surface area (Å²) >= 11 is 0.